The van der Waals surface area contributed by atoms with E-state index in [0.717, 1.165) is 41.6 Å². The molecule has 0 fully saturated rings. The molecule has 174 valence electrons. The molecule has 0 atom stereocenters. The van der Waals surface area contributed by atoms with Crippen LogP contribution in [0.25, 0.3) is 23.0 Å². The smallest absolute Gasteiger partial charge is 0.279 e. The lowest BCUT2D eigenvalue weighted by Gasteiger charge is -2.27. The van der Waals surface area contributed by atoms with Crippen LogP contribution in [-0.2, 0) is 42.9 Å². The standard InChI is InChI=1S/C25H25N5O3S/c1-29-22-13-14-30(34(31,32)20-12-11-17-7-5-6-10-19(17)15-20)16-21(22)23(27-29)25-26-24(28-33-25)18-8-3-2-4-9-18/h2-4,8-9,11-12,15H,5-7,10,13-14,16H2,1H3. The first-order valence-corrected chi connectivity index (χ1v) is 13.0. The summed E-state index contributed by atoms with van der Waals surface area (Å²) in [6, 6.07) is 15.2. The Kier molecular flexibility index (Phi) is 5.11. The van der Waals surface area contributed by atoms with Gasteiger partial charge >= 0.3 is 0 Å². The van der Waals surface area contributed by atoms with Crippen LogP contribution in [0.2, 0.25) is 0 Å². The average Bonchev–Trinajstić information content (AvgIpc) is 3.49. The van der Waals surface area contributed by atoms with E-state index in [1.54, 1.807) is 15.1 Å². The Bertz CT molecular complexity index is 1470. The zero-order valence-corrected chi connectivity index (χ0v) is 19.8. The maximum absolute atomic E-state index is 13.6. The molecule has 2 aliphatic rings. The highest BCUT2D eigenvalue weighted by Gasteiger charge is 2.34. The molecule has 0 saturated carbocycles. The summed E-state index contributed by atoms with van der Waals surface area (Å²) in [6.07, 6.45) is 4.81. The third-order valence-electron chi connectivity index (χ3n) is 6.83. The first-order valence-electron chi connectivity index (χ1n) is 11.6. The number of fused-ring (bicyclic) bond motifs is 2. The second kappa shape index (κ2) is 8.18. The van der Waals surface area contributed by atoms with E-state index in [1.807, 2.05) is 49.5 Å². The molecule has 9 heteroatoms. The molecule has 0 spiro atoms. The maximum atomic E-state index is 13.6. The molecule has 0 radical (unpaired) electrons. The third kappa shape index (κ3) is 3.56. The Morgan fingerprint density at radius 3 is 2.59 bits per heavy atom. The van der Waals surface area contributed by atoms with Gasteiger partial charge in [0.2, 0.25) is 15.8 Å². The number of aromatic nitrogens is 4. The van der Waals surface area contributed by atoms with Crippen LogP contribution in [0, 0.1) is 0 Å². The zero-order chi connectivity index (χ0) is 23.3. The average molecular weight is 476 g/mol. The topological polar surface area (TPSA) is 94.1 Å². The molecule has 0 N–H and O–H groups in total. The Morgan fingerprint density at radius 2 is 1.76 bits per heavy atom. The van der Waals surface area contributed by atoms with Gasteiger partial charge in [-0.2, -0.15) is 14.4 Å². The summed E-state index contributed by atoms with van der Waals surface area (Å²) >= 11 is 0. The van der Waals surface area contributed by atoms with Gasteiger partial charge in [-0.1, -0.05) is 41.6 Å². The highest BCUT2D eigenvalue weighted by atomic mass is 32.2. The summed E-state index contributed by atoms with van der Waals surface area (Å²) in [7, 11) is -1.77. The fourth-order valence-electron chi connectivity index (χ4n) is 4.99. The van der Waals surface area contributed by atoms with E-state index in [1.165, 1.54) is 12.0 Å². The van der Waals surface area contributed by atoms with Crippen LogP contribution in [0.5, 0.6) is 0 Å². The van der Waals surface area contributed by atoms with Gasteiger partial charge in [-0.15, -0.1) is 0 Å². The molecule has 4 aromatic rings. The van der Waals surface area contributed by atoms with Crippen LogP contribution in [0.1, 0.15) is 35.2 Å². The molecule has 1 aliphatic heterocycles. The number of hydrogen-bond acceptors (Lipinski definition) is 6. The van der Waals surface area contributed by atoms with Crippen LogP contribution in [0.3, 0.4) is 0 Å². The number of rotatable bonds is 4. The predicted molar refractivity (Wildman–Crippen MR) is 126 cm³/mol. The van der Waals surface area contributed by atoms with Crippen molar-refractivity contribution in [3.05, 3.63) is 70.9 Å². The van der Waals surface area contributed by atoms with E-state index in [2.05, 4.69) is 15.2 Å². The van der Waals surface area contributed by atoms with Crippen molar-refractivity contribution < 1.29 is 12.9 Å². The SMILES string of the molecule is Cn1nc(-c2nc(-c3ccccc3)no2)c2c1CCN(S(=O)(=O)c1ccc3c(c1)CCCC3)C2. The monoisotopic (exact) mass is 475 g/mol. The van der Waals surface area contributed by atoms with Crippen LogP contribution in [-0.4, -0.2) is 39.2 Å². The summed E-state index contributed by atoms with van der Waals surface area (Å²) in [5, 5.41) is 8.73. The molecule has 3 heterocycles. The van der Waals surface area contributed by atoms with Gasteiger partial charge in [0.05, 0.1) is 4.90 Å². The minimum Gasteiger partial charge on any atom is -0.332 e. The minimum absolute atomic E-state index is 0.223. The summed E-state index contributed by atoms with van der Waals surface area (Å²) in [5.74, 6) is 0.771. The molecule has 0 saturated heterocycles. The van der Waals surface area contributed by atoms with Crippen molar-refractivity contribution in [3.8, 4) is 23.0 Å². The molecule has 6 rings (SSSR count). The normalized spacial score (nSPS) is 16.3. The molecular weight excluding hydrogens is 450 g/mol. The van der Waals surface area contributed by atoms with Crippen molar-refractivity contribution in [2.24, 2.45) is 7.05 Å². The molecular formula is C25H25N5O3S. The van der Waals surface area contributed by atoms with E-state index >= 15 is 0 Å². The fraction of sp³-hybridized carbons (Fsp3) is 0.320. The quantitative estimate of drug-likeness (QED) is 0.446. The first kappa shape index (κ1) is 21.2. The first-order chi connectivity index (χ1) is 16.5. The predicted octanol–water partition coefficient (Wildman–Crippen LogP) is 3.76. The van der Waals surface area contributed by atoms with E-state index in [4.69, 9.17) is 4.52 Å². The van der Waals surface area contributed by atoms with Crippen molar-refractivity contribution in [1.82, 2.24) is 24.2 Å². The second-order valence-electron chi connectivity index (χ2n) is 8.91. The molecule has 2 aromatic carbocycles. The van der Waals surface area contributed by atoms with Crippen molar-refractivity contribution in [3.63, 3.8) is 0 Å². The molecule has 34 heavy (non-hydrogen) atoms. The summed E-state index contributed by atoms with van der Waals surface area (Å²) in [5.41, 5.74) is 5.62. The fourth-order valence-corrected chi connectivity index (χ4v) is 6.45. The molecule has 2 aromatic heterocycles. The van der Waals surface area contributed by atoms with Crippen LogP contribution < -0.4 is 0 Å². The molecule has 0 amide bonds. The van der Waals surface area contributed by atoms with Gasteiger partial charge in [-0.3, -0.25) is 4.68 Å². The maximum Gasteiger partial charge on any atom is 0.279 e. The highest BCUT2D eigenvalue weighted by Crippen LogP contribution is 2.33. The van der Waals surface area contributed by atoms with Crippen molar-refractivity contribution in [2.45, 2.75) is 43.5 Å². The molecule has 0 unspecified atom stereocenters. The highest BCUT2D eigenvalue weighted by molar-refractivity contribution is 7.89. The Hall–Kier alpha value is -3.30. The van der Waals surface area contributed by atoms with Gasteiger partial charge < -0.3 is 4.52 Å². The number of aryl methyl sites for hydroxylation is 3. The van der Waals surface area contributed by atoms with Gasteiger partial charge in [-0.25, -0.2) is 8.42 Å². The third-order valence-corrected chi connectivity index (χ3v) is 8.67. The number of hydrogen-bond donors (Lipinski definition) is 0. The lowest BCUT2D eigenvalue weighted by atomic mass is 9.92. The van der Waals surface area contributed by atoms with Gasteiger partial charge in [0.15, 0.2) is 5.69 Å². The van der Waals surface area contributed by atoms with Crippen molar-refractivity contribution >= 4 is 10.0 Å². The van der Waals surface area contributed by atoms with Crippen LogP contribution in [0.4, 0.5) is 0 Å². The zero-order valence-electron chi connectivity index (χ0n) is 18.9. The lowest BCUT2D eigenvalue weighted by molar-refractivity contribution is 0.385. The Balaban J connectivity index is 1.33. The number of sulfonamides is 1. The Labute approximate surface area is 198 Å². The Morgan fingerprint density at radius 1 is 0.971 bits per heavy atom. The van der Waals surface area contributed by atoms with Gasteiger partial charge in [0.25, 0.3) is 5.89 Å². The number of benzene rings is 2. The van der Waals surface area contributed by atoms with Crippen LogP contribution >= 0.6 is 0 Å². The molecule has 8 nitrogen and oxygen atoms in total. The lowest BCUT2D eigenvalue weighted by Crippen LogP contribution is -2.36. The minimum atomic E-state index is -3.64. The van der Waals surface area contributed by atoms with Gasteiger partial charge in [0, 0.05) is 43.4 Å². The largest absolute Gasteiger partial charge is 0.332 e. The summed E-state index contributed by atoms with van der Waals surface area (Å²) in [6.45, 7) is 0.630. The van der Waals surface area contributed by atoms with E-state index in [-0.39, 0.29) is 6.54 Å². The molecule has 0 bridgehead atoms. The second-order valence-corrected chi connectivity index (χ2v) is 10.9. The van der Waals surface area contributed by atoms with Crippen molar-refractivity contribution in [2.75, 3.05) is 6.54 Å². The summed E-state index contributed by atoms with van der Waals surface area (Å²) in [4.78, 5) is 4.91. The molecule has 1 aliphatic carbocycles. The van der Waals surface area contributed by atoms with Gasteiger partial charge in [0.1, 0.15) is 0 Å². The number of nitrogens with zero attached hydrogens (tertiary/aromatic N) is 5. The van der Waals surface area contributed by atoms with E-state index in [0.29, 0.717) is 35.3 Å². The van der Waals surface area contributed by atoms with Gasteiger partial charge in [-0.05, 0) is 48.9 Å². The van der Waals surface area contributed by atoms with Crippen molar-refractivity contribution in [1.29, 1.82) is 0 Å². The van der Waals surface area contributed by atoms with E-state index in [9.17, 15) is 8.42 Å². The van der Waals surface area contributed by atoms with Crippen LogP contribution in [0.15, 0.2) is 57.9 Å². The summed E-state index contributed by atoms with van der Waals surface area (Å²) < 4.78 is 36.0. The van der Waals surface area contributed by atoms with E-state index < -0.39 is 10.0 Å².